The molecule has 1 heterocycles. The maximum atomic E-state index is 11.4. The third-order valence-corrected chi connectivity index (χ3v) is 3.25. The molecule has 0 spiro atoms. The number of carbonyl (C=O) groups excluding carboxylic acids is 1. The summed E-state index contributed by atoms with van der Waals surface area (Å²) in [5, 5.41) is 6.11. The van der Waals surface area contributed by atoms with Gasteiger partial charge < -0.3 is 10.6 Å². The minimum absolute atomic E-state index is 0.109. The van der Waals surface area contributed by atoms with Gasteiger partial charge in [-0.3, -0.25) is 9.69 Å². The summed E-state index contributed by atoms with van der Waals surface area (Å²) in [6.07, 6.45) is 2.54. The number of likely N-dealkylation sites (N-methyl/N-ethyl adjacent to an activating group) is 1. The molecule has 0 bridgehead atoms. The van der Waals surface area contributed by atoms with Gasteiger partial charge in [0.25, 0.3) is 0 Å². The Bertz CT molecular complexity index is 212. The van der Waals surface area contributed by atoms with Gasteiger partial charge in [-0.1, -0.05) is 0 Å². The first-order chi connectivity index (χ1) is 7.63. The van der Waals surface area contributed by atoms with E-state index in [9.17, 15) is 4.79 Å². The van der Waals surface area contributed by atoms with Crippen LogP contribution in [0.15, 0.2) is 0 Å². The van der Waals surface area contributed by atoms with Gasteiger partial charge in [-0.25, -0.2) is 0 Å². The Morgan fingerprint density at radius 3 is 2.81 bits per heavy atom. The Hall–Kier alpha value is -0.610. The average molecular weight is 227 g/mol. The van der Waals surface area contributed by atoms with Crippen molar-refractivity contribution >= 4 is 5.91 Å². The van der Waals surface area contributed by atoms with E-state index in [2.05, 4.69) is 29.4 Å². The third-order valence-electron chi connectivity index (χ3n) is 3.25. The van der Waals surface area contributed by atoms with Gasteiger partial charge in [0, 0.05) is 19.6 Å². The fourth-order valence-electron chi connectivity index (χ4n) is 2.13. The first-order valence-electron chi connectivity index (χ1n) is 6.28. The predicted molar refractivity (Wildman–Crippen MR) is 66.4 cm³/mol. The number of nitrogens with one attached hydrogen (secondary N) is 2. The van der Waals surface area contributed by atoms with Gasteiger partial charge >= 0.3 is 0 Å². The second-order valence-corrected chi connectivity index (χ2v) is 4.91. The predicted octanol–water partition coefficient (Wildman–Crippen LogP) is 0.442. The molecule has 1 fully saturated rings. The van der Waals surface area contributed by atoms with Crippen molar-refractivity contribution in [3.63, 3.8) is 0 Å². The molecule has 4 nitrogen and oxygen atoms in total. The van der Waals surface area contributed by atoms with Gasteiger partial charge in [-0.15, -0.1) is 0 Å². The molecule has 0 aromatic carbocycles. The van der Waals surface area contributed by atoms with Crippen molar-refractivity contribution in [1.82, 2.24) is 15.5 Å². The van der Waals surface area contributed by atoms with Gasteiger partial charge in [0.2, 0.25) is 5.91 Å². The highest BCUT2D eigenvalue weighted by molar-refractivity contribution is 5.77. The standard InChI is InChI=1S/C12H25N3O/c1-10(2)15(9-12(16)13-3)8-11-5-4-6-14-7-11/h10-11,14H,4-9H2,1-3H3,(H,13,16). The second-order valence-electron chi connectivity index (χ2n) is 4.91. The highest BCUT2D eigenvalue weighted by Crippen LogP contribution is 2.13. The minimum Gasteiger partial charge on any atom is -0.358 e. The molecule has 0 saturated carbocycles. The third kappa shape index (κ3) is 4.49. The summed E-state index contributed by atoms with van der Waals surface area (Å²) in [7, 11) is 1.70. The molecule has 1 atom stereocenters. The number of piperidine rings is 1. The zero-order valence-electron chi connectivity index (χ0n) is 10.8. The first-order valence-corrected chi connectivity index (χ1v) is 6.28. The van der Waals surface area contributed by atoms with Crippen molar-refractivity contribution in [3.05, 3.63) is 0 Å². The van der Waals surface area contributed by atoms with Crippen molar-refractivity contribution < 1.29 is 4.79 Å². The summed E-state index contributed by atoms with van der Waals surface area (Å²) in [4.78, 5) is 13.7. The molecule has 0 aliphatic carbocycles. The fourth-order valence-corrected chi connectivity index (χ4v) is 2.13. The maximum Gasteiger partial charge on any atom is 0.233 e. The number of rotatable bonds is 5. The van der Waals surface area contributed by atoms with Crippen LogP contribution >= 0.6 is 0 Å². The zero-order valence-corrected chi connectivity index (χ0v) is 10.8. The average Bonchev–Trinajstić information content (AvgIpc) is 2.29. The highest BCUT2D eigenvalue weighted by Gasteiger charge is 2.20. The lowest BCUT2D eigenvalue weighted by molar-refractivity contribution is -0.122. The maximum absolute atomic E-state index is 11.4. The number of hydrogen-bond donors (Lipinski definition) is 2. The number of carbonyl (C=O) groups is 1. The van der Waals surface area contributed by atoms with Crippen LogP contribution in [0.3, 0.4) is 0 Å². The van der Waals surface area contributed by atoms with E-state index in [1.807, 2.05) is 0 Å². The van der Waals surface area contributed by atoms with Crippen LogP contribution in [0.2, 0.25) is 0 Å². The smallest absolute Gasteiger partial charge is 0.233 e. The van der Waals surface area contributed by atoms with Gasteiger partial charge in [-0.2, -0.15) is 0 Å². The molecule has 1 aliphatic rings. The number of hydrogen-bond acceptors (Lipinski definition) is 3. The molecular formula is C12H25N3O. The molecule has 1 saturated heterocycles. The fraction of sp³-hybridized carbons (Fsp3) is 0.917. The van der Waals surface area contributed by atoms with Crippen LogP contribution in [0, 0.1) is 5.92 Å². The van der Waals surface area contributed by atoms with E-state index < -0.39 is 0 Å². The Morgan fingerprint density at radius 1 is 1.56 bits per heavy atom. The van der Waals surface area contributed by atoms with Crippen molar-refractivity contribution in [2.24, 2.45) is 5.92 Å². The Morgan fingerprint density at radius 2 is 2.31 bits per heavy atom. The van der Waals surface area contributed by atoms with Crippen molar-refractivity contribution in [3.8, 4) is 0 Å². The van der Waals surface area contributed by atoms with Crippen LogP contribution < -0.4 is 10.6 Å². The summed E-state index contributed by atoms with van der Waals surface area (Å²) in [6, 6.07) is 0.430. The van der Waals surface area contributed by atoms with E-state index in [4.69, 9.17) is 0 Å². The topological polar surface area (TPSA) is 44.4 Å². The summed E-state index contributed by atoms with van der Waals surface area (Å²) in [6.45, 7) is 8.09. The molecule has 1 amide bonds. The molecule has 16 heavy (non-hydrogen) atoms. The molecule has 0 aromatic rings. The summed E-state index contributed by atoms with van der Waals surface area (Å²) in [5.74, 6) is 0.804. The lowest BCUT2D eigenvalue weighted by atomic mass is 9.98. The minimum atomic E-state index is 0.109. The number of amides is 1. The lowest BCUT2D eigenvalue weighted by Crippen LogP contribution is -2.45. The molecule has 1 unspecified atom stereocenters. The molecule has 0 radical (unpaired) electrons. The Kier molecular flexibility index (Phi) is 5.77. The van der Waals surface area contributed by atoms with E-state index in [0.717, 1.165) is 19.6 Å². The van der Waals surface area contributed by atoms with Crippen molar-refractivity contribution in [2.75, 3.05) is 33.2 Å². The molecular weight excluding hydrogens is 202 g/mol. The monoisotopic (exact) mass is 227 g/mol. The van der Waals surface area contributed by atoms with E-state index >= 15 is 0 Å². The van der Waals surface area contributed by atoms with E-state index in [0.29, 0.717) is 18.5 Å². The molecule has 2 N–H and O–H groups in total. The van der Waals surface area contributed by atoms with Gasteiger partial charge in [0.1, 0.15) is 0 Å². The van der Waals surface area contributed by atoms with Crippen LogP contribution in [0.5, 0.6) is 0 Å². The van der Waals surface area contributed by atoms with Crippen LogP contribution in [0.1, 0.15) is 26.7 Å². The summed E-state index contributed by atoms with van der Waals surface area (Å²) < 4.78 is 0. The summed E-state index contributed by atoms with van der Waals surface area (Å²) in [5.41, 5.74) is 0. The Labute approximate surface area is 98.8 Å². The van der Waals surface area contributed by atoms with Crippen LogP contribution in [0.4, 0.5) is 0 Å². The quantitative estimate of drug-likeness (QED) is 0.716. The Balaban J connectivity index is 2.40. The summed E-state index contributed by atoms with van der Waals surface area (Å²) >= 11 is 0. The molecule has 1 rings (SSSR count). The molecule has 1 aliphatic heterocycles. The highest BCUT2D eigenvalue weighted by atomic mass is 16.1. The van der Waals surface area contributed by atoms with Crippen LogP contribution in [-0.2, 0) is 4.79 Å². The van der Waals surface area contributed by atoms with E-state index in [1.54, 1.807) is 7.05 Å². The molecule has 4 heteroatoms. The van der Waals surface area contributed by atoms with Crippen LogP contribution in [-0.4, -0.2) is 50.1 Å². The normalized spacial score (nSPS) is 21.4. The van der Waals surface area contributed by atoms with Crippen LogP contribution in [0.25, 0.3) is 0 Å². The molecule has 0 aromatic heterocycles. The van der Waals surface area contributed by atoms with Gasteiger partial charge in [-0.05, 0) is 45.7 Å². The SMILES string of the molecule is CNC(=O)CN(CC1CCCNC1)C(C)C. The van der Waals surface area contributed by atoms with E-state index in [-0.39, 0.29) is 5.91 Å². The van der Waals surface area contributed by atoms with Crippen molar-refractivity contribution in [2.45, 2.75) is 32.7 Å². The largest absolute Gasteiger partial charge is 0.358 e. The molecule has 94 valence electrons. The zero-order chi connectivity index (χ0) is 12.0. The lowest BCUT2D eigenvalue weighted by Gasteiger charge is -2.32. The second kappa shape index (κ2) is 6.86. The van der Waals surface area contributed by atoms with E-state index in [1.165, 1.54) is 12.8 Å². The van der Waals surface area contributed by atoms with Gasteiger partial charge in [0.05, 0.1) is 6.54 Å². The number of nitrogens with zero attached hydrogens (tertiary/aromatic N) is 1. The van der Waals surface area contributed by atoms with Gasteiger partial charge in [0.15, 0.2) is 0 Å². The van der Waals surface area contributed by atoms with Crippen molar-refractivity contribution in [1.29, 1.82) is 0 Å². The first kappa shape index (κ1) is 13.5.